The van der Waals surface area contributed by atoms with E-state index >= 15 is 0 Å². The third-order valence-electron chi connectivity index (χ3n) is 3.65. The van der Waals surface area contributed by atoms with Crippen LogP contribution in [-0.4, -0.2) is 35.2 Å². The van der Waals surface area contributed by atoms with Crippen molar-refractivity contribution >= 4 is 0 Å². The summed E-state index contributed by atoms with van der Waals surface area (Å²) in [7, 11) is 0. The highest BCUT2D eigenvalue weighted by atomic mass is 16.3. The smallest absolute Gasteiger partial charge is 0.0434 e. The quantitative estimate of drug-likeness (QED) is 0.725. The van der Waals surface area contributed by atoms with Gasteiger partial charge in [0.1, 0.15) is 0 Å². The third kappa shape index (κ3) is 2.23. The first kappa shape index (κ1) is 11.0. The first-order chi connectivity index (χ1) is 6.12. The van der Waals surface area contributed by atoms with Gasteiger partial charge in [0.15, 0.2) is 0 Å². The number of likely N-dealkylation sites (tertiary alicyclic amines) is 1. The highest BCUT2D eigenvalue weighted by Crippen LogP contribution is 2.34. The summed E-state index contributed by atoms with van der Waals surface area (Å²) in [6, 6.07) is 0. The number of rotatable bonds is 3. The van der Waals surface area contributed by atoms with Crippen molar-refractivity contribution < 1.29 is 5.11 Å². The van der Waals surface area contributed by atoms with E-state index in [4.69, 9.17) is 5.11 Å². The second-order valence-corrected chi connectivity index (χ2v) is 4.58. The van der Waals surface area contributed by atoms with Crippen molar-refractivity contribution in [2.45, 2.75) is 45.6 Å². The standard InChI is InChI=1S/C11H23NO/c1-4-12-8-5-6-10(7-9-13)11(12,2)3/h10,13H,4-9H2,1-3H3. The molecule has 1 N–H and O–H groups in total. The van der Waals surface area contributed by atoms with E-state index in [0.29, 0.717) is 12.5 Å². The van der Waals surface area contributed by atoms with Crippen LogP contribution in [0.15, 0.2) is 0 Å². The molecule has 1 heterocycles. The van der Waals surface area contributed by atoms with Crippen molar-refractivity contribution in [2.24, 2.45) is 5.92 Å². The summed E-state index contributed by atoms with van der Waals surface area (Å²) in [5.74, 6) is 0.672. The maximum Gasteiger partial charge on any atom is 0.0434 e. The zero-order valence-electron chi connectivity index (χ0n) is 9.21. The van der Waals surface area contributed by atoms with E-state index < -0.39 is 0 Å². The Balaban J connectivity index is 2.63. The van der Waals surface area contributed by atoms with E-state index in [2.05, 4.69) is 25.7 Å². The Hall–Kier alpha value is -0.0800. The molecule has 1 aliphatic rings. The van der Waals surface area contributed by atoms with Crippen LogP contribution in [0.2, 0.25) is 0 Å². The monoisotopic (exact) mass is 185 g/mol. The zero-order chi connectivity index (χ0) is 9.90. The average Bonchev–Trinajstić information content (AvgIpc) is 2.08. The normalized spacial score (nSPS) is 29.1. The molecule has 1 unspecified atom stereocenters. The molecule has 0 aromatic heterocycles. The molecule has 0 radical (unpaired) electrons. The molecule has 1 atom stereocenters. The van der Waals surface area contributed by atoms with Crippen molar-refractivity contribution in [3.63, 3.8) is 0 Å². The average molecular weight is 185 g/mol. The summed E-state index contributed by atoms with van der Waals surface area (Å²) in [5, 5.41) is 8.99. The Morgan fingerprint density at radius 1 is 1.46 bits per heavy atom. The lowest BCUT2D eigenvalue weighted by atomic mass is 9.77. The van der Waals surface area contributed by atoms with Gasteiger partial charge in [0.2, 0.25) is 0 Å². The van der Waals surface area contributed by atoms with Gasteiger partial charge in [-0.1, -0.05) is 6.92 Å². The second-order valence-electron chi connectivity index (χ2n) is 4.58. The Bertz CT molecular complexity index is 154. The molecule has 0 aliphatic carbocycles. The molecule has 0 spiro atoms. The summed E-state index contributed by atoms with van der Waals surface area (Å²) in [4.78, 5) is 2.54. The molecule has 13 heavy (non-hydrogen) atoms. The van der Waals surface area contributed by atoms with Crippen LogP contribution in [-0.2, 0) is 0 Å². The van der Waals surface area contributed by atoms with Crippen molar-refractivity contribution in [3.8, 4) is 0 Å². The molecular weight excluding hydrogens is 162 g/mol. The lowest BCUT2D eigenvalue weighted by Gasteiger charge is -2.48. The van der Waals surface area contributed by atoms with Crippen LogP contribution in [0.25, 0.3) is 0 Å². The van der Waals surface area contributed by atoms with Crippen molar-refractivity contribution in [1.29, 1.82) is 0 Å². The van der Waals surface area contributed by atoms with Gasteiger partial charge >= 0.3 is 0 Å². The molecule has 2 nitrogen and oxygen atoms in total. The van der Waals surface area contributed by atoms with Crippen molar-refractivity contribution in [3.05, 3.63) is 0 Å². The summed E-state index contributed by atoms with van der Waals surface area (Å²) in [6.07, 6.45) is 3.54. The zero-order valence-corrected chi connectivity index (χ0v) is 9.21. The lowest BCUT2D eigenvalue weighted by Crippen LogP contribution is -2.53. The Labute approximate surface area is 81.9 Å². The van der Waals surface area contributed by atoms with Crippen molar-refractivity contribution in [2.75, 3.05) is 19.7 Å². The van der Waals surface area contributed by atoms with Gasteiger partial charge in [0.25, 0.3) is 0 Å². The van der Waals surface area contributed by atoms with Crippen LogP contribution in [0.5, 0.6) is 0 Å². The predicted octanol–water partition coefficient (Wildman–Crippen LogP) is 1.88. The number of hydrogen-bond acceptors (Lipinski definition) is 2. The molecule has 0 aromatic carbocycles. The van der Waals surface area contributed by atoms with Crippen LogP contribution in [0, 0.1) is 5.92 Å². The second kappa shape index (κ2) is 4.43. The fraction of sp³-hybridized carbons (Fsp3) is 1.00. The molecule has 0 saturated carbocycles. The van der Waals surface area contributed by atoms with Crippen LogP contribution in [0.4, 0.5) is 0 Å². The Morgan fingerprint density at radius 3 is 2.69 bits per heavy atom. The number of aliphatic hydroxyl groups excluding tert-OH is 1. The number of hydrogen-bond donors (Lipinski definition) is 1. The highest BCUT2D eigenvalue weighted by Gasteiger charge is 2.36. The number of aliphatic hydroxyl groups is 1. The first-order valence-electron chi connectivity index (χ1n) is 5.48. The van der Waals surface area contributed by atoms with Gasteiger partial charge in [0.05, 0.1) is 0 Å². The van der Waals surface area contributed by atoms with Crippen LogP contribution >= 0.6 is 0 Å². The molecular formula is C11H23NO. The van der Waals surface area contributed by atoms with Crippen molar-refractivity contribution in [1.82, 2.24) is 4.90 Å². The molecule has 1 aliphatic heterocycles. The third-order valence-corrected chi connectivity index (χ3v) is 3.65. The number of nitrogens with zero attached hydrogens (tertiary/aromatic N) is 1. The molecule has 0 bridgehead atoms. The lowest BCUT2D eigenvalue weighted by molar-refractivity contribution is 0.0150. The maximum atomic E-state index is 8.99. The van der Waals surface area contributed by atoms with Gasteiger partial charge in [-0.3, -0.25) is 4.90 Å². The van der Waals surface area contributed by atoms with Gasteiger partial charge in [-0.05, 0) is 52.1 Å². The molecule has 0 amide bonds. The molecule has 0 aromatic rings. The Morgan fingerprint density at radius 2 is 2.15 bits per heavy atom. The fourth-order valence-corrected chi connectivity index (χ4v) is 2.65. The van der Waals surface area contributed by atoms with E-state index in [1.807, 2.05) is 0 Å². The van der Waals surface area contributed by atoms with E-state index in [1.165, 1.54) is 19.4 Å². The minimum atomic E-state index is 0.287. The minimum absolute atomic E-state index is 0.287. The summed E-state index contributed by atoms with van der Waals surface area (Å²) >= 11 is 0. The van der Waals surface area contributed by atoms with E-state index in [9.17, 15) is 0 Å². The van der Waals surface area contributed by atoms with E-state index in [0.717, 1.165) is 13.0 Å². The summed E-state index contributed by atoms with van der Waals surface area (Å²) in [6.45, 7) is 9.56. The first-order valence-corrected chi connectivity index (χ1v) is 5.48. The maximum absolute atomic E-state index is 8.99. The van der Waals surface area contributed by atoms with Gasteiger partial charge in [-0.2, -0.15) is 0 Å². The molecule has 2 heteroatoms. The Kier molecular flexibility index (Phi) is 3.74. The van der Waals surface area contributed by atoms with Crippen LogP contribution in [0.3, 0.4) is 0 Å². The van der Waals surface area contributed by atoms with Crippen LogP contribution in [0.1, 0.15) is 40.0 Å². The molecule has 78 valence electrons. The number of piperidine rings is 1. The largest absolute Gasteiger partial charge is 0.396 e. The van der Waals surface area contributed by atoms with E-state index in [-0.39, 0.29) is 5.54 Å². The van der Waals surface area contributed by atoms with Gasteiger partial charge in [-0.15, -0.1) is 0 Å². The SMILES string of the molecule is CCN1CCCC(CCO)C1(C)C. The fourth-order valence-electron chi connectivity index (χ4n) is 2.65. The van der Waals surface area contributed by atoms with Gasteiger partial charge < -0.3 is 5.11 Å². The summed E-state index contributed by atoms with van der Waals surface area (Å²) in [5.41, 5.74) is 0.287. The molecule has 1 rings (SSSR count). The topological polar surface area (TPSA) is 23.5 Å². The minimum Gasteiger partial charge on any atom is -0.396 e. The van der Waals surface area contributed by atoms with Crippen LogP contribution < -0.4 is 0 Å². The van der Waals surface area contributed by atoms with Gasteiger partial charge in [-0.25, -0.2) is 0 Å². The summed E-state index contributed by atoms with van der Waals surface area (Å²) < 4.78 is 0. The predicted molar refractivity (Wildman–Crippen MR) is 55.8 cm³/mol. The molecule has 1 saturated heterocycles. The van der Waals surface area contributed by atoms with E-state index in [1.54, 1.807) is 0 Å². The highest BCUT2D eigenvalue weighted by molar-refractivity contribution is 4.91. The van der Waals surface area contributed by atoms with Gasteiger partial charge in [0, 0.05) is 12.1 Å². The molecule has 1 fully saturated rings.